The Morgan fingerprint density at radius 3 is 3.10 bits per heavy atom. The van der Waals surface area contributed by atoms with Gasteiger partial charge in [0.15, 0.2) is 5.51 Å². The van der Waals surface area contributed by atoms with Crippen molar-refractivity contribution in [2.24, 2.45) is 0 Å². The topological polar surface area (TPSA) is 38.7 Å². The van der Waals surface area contributed by atoms with E-state index in [4.69, 9.17) is 0 Å². The molecule has 0 aliphatic rings. The number of nitrogens with zero attached hydrogens (tertiary/aromatic N) is 3. The fraction of sp³-hybridized carbons (Fsp3) is 0. The van der Waals surface area contributed by atoms with Crippen LogP contribution in [0.2, 0.25) is 0 Å². The van der Waals surface area contributed by atoms with Crippen LogP contribution in [0, 0.1) is 5.51 Å². The normalized spacial score (nSPS) is 10.0. The largest absolute Gasteiger partial charge is 0.233 e. The summed E-state index contributed by atoms with van der Waals surface area (Å²) in [7, 11) is 0. The van der Waals surface area contributed by atoms with Crippen LogP contribution in [0.3, 0.4) is 0 Å². The van der Waals surface area contributed by atoms with Gasteiger partial charge in [0.25, 0.3) is 0 Å². The predicted molar refractivity (Wildman–Crippen MR) is 39.9 cm³/mol. The van der Waals surface area contributed by atoms with Crippen LogP contribution in [0.4, 0.5) is 0 Å². The molecule has 2 heterocycles. The van der Waals surface area contributed by atoms with Crippen molar-refractivity contribution in [3.05, 3.63) is 17.1 Å². The van der Waals surface area contributed by atoms with Crippen LogP contribution in [-0.4, -0.2) is 14.6 Å². The van der Waals surface area contributed by atoms with Crippen molar-refractivity contribution in [2.75, 3.05) is 0 Å². The van der Waals surface area contributed by atoms with Crippen molar-refractivity contribution < 1.29 is 0 Å². The van der Waals surface area contributed by atoms with Crippen molar-refractivity contribution in [3.63, 3.8) is 0 Å². The minimum atomic E-state index is 0.917. The standard InChI is InChI=1S/C5H2N3S2/c1-5(10-8-7-1)4-2-9-3-6-4/h1-2H. The predicted octanol–water partition coefficient (Wildman–Crippen LogP) is 1.46. The highest BCUT2D eigenvalue weighted by atomic mass is 32.1. The Morgan fingerprint density at radius 2 is 2.50 bits per heavy atom. The Bertz CT molecular complexity index is 254. The van der Waals surface area contributed by atoms with Crippen molar-refractivity contribution in [2.45, 2.75) is 0 Å². The number of aromatic nitrogens is 3. The van der Waals surface area contributed by atoms with Crippen LogP contribution in [-0.2, 0) is 0 Å². The summed E-state index contributed by atoms with van der Waals surface area (Å²) < 4.78 is 3.72. The molecule has 0 amide bonds. The van der Waals surface area contributed by atoms with Crippen molar-refractivity contribution >= 4 is 22.9 Å². The highest BCUT2D eigenvalue weighted by Gasteiger charge is 2.00. The van der Waals surface area contributed by atoms with Gasteiger partial charge in [-0.3, -0.25) is 0 Å². The number of rotatable bonds is 1. The van der Waals surface area contributed by atoms with Gasteiger partial charge >= 0.3 is 0 Å². The fourth-order valence-corrected chi connectivity index (χ4v) is 1.62. The minimum Gasteiger partial charge on any atom is -0.233 e. The number of hydrogen-bond donors (Lipinski definition) is 0. The zero-order valence-corrected chi connectivity index (χ0v) is 6.45. The molecule has 0 N–H and O–H groups in total. The van der Waals surface area contributed by atoms with E-state index in [1.807, 2.05) is 5.38 Å². The van der Waals surface area contributed by atoms with Crippen LogP contribution < -0.4 is 0 Å². The lowest BCUT2D eigenvalue weighted by Gasteiger charge is -1.80. The van der Waals surface area contributed by atoms with Crippen LogP contribution in [0.25, 0.3) is 10.6 Å². The second-order valence-corrected chi connectivity index (χ2v) is 3.05. The molecule has 0 unspecified atom stereocenters. The van der Waals surface area contributed by atoms with Crippen molar-refractivity contribution in [1.29, 1.82) is 0 Å². The monoisotopic (exact) mass is 168 g/mol. The van der Waals surface area contributed by atoms with Gasteiger partial charge in [0.1, 0.15) is 0 Å². The Balaban J connectivity index is 2.48. The van der Waals surface area contributed by atoms with Gasteiger partial charge in [0.05, 0.1) is 16.8 Å². The van der Waals surface area contributed by atoms with Crippen molar-refractivity contribution in [3.8, 4) is 10.6 Å². The molecular formula is C5H2N3S2. The molecule has 0 atom stereocenters. The van der Waals surface area contributed by atoms with Gasteiger partial charge in [-0.15, -0.1) is 16.4 Å². The molecule has 1 radical (unpaired) electrons. The third-order valence-electron chi connectivity index (χ3n) is 1.00. The molecule has 3 nitrogen and oxygen atoms in total. The molecule has 49 valence electrons. The minimum absolute atomic E-state index is 0.917. The third-order valence-corrected chi connectivity index (χ3v) is 2.23. The summed E-state index contributed by atoms with van der Waals surface area (Å²) in [6.07, 6.45) is 1.70. The van der Waals surface area contributed by atoms with E-state index in [-0.39, 0.29) is 0 Å². The summed E-state index contributed by atoms with van der Waals surface area (Å²) in [5.41, 5.74) is 3.68. The summed E-state index contributed by atoms with van der Waals surface area (Å²) in [6, 6.07) is 0. The average Bonchev–Trinajstić information content (AvgIpc) is 2.59. The second kappa shape index (κ2) is 2.43. The molecule has 2 aromatic heterocycles. The van der Waals surface area contributed by atoms with E-state index in [2.05, 4.69) is 20.1 Å². The van der Waals surface area contributed by atoms with Gasteiger partial charge in [0, 0.05) is 5.38 Å². The van der Waals surface area contributed by atoms with E-state index in [0.29, 0.717) is 0 Å². The van der Waals surface area contributed by atoms with Crippen LogP contribution >= 0.6 is 22.9 Å². The maximum Gasteiger partial charge on any atom is 0.152 e. The maximum absolute atomic E-state index is 3.98. The highest BCUT2D eigenvalue weighted by molar-refractivity contribution is 7.10. The van der Waals surface area contributed by atoms with Crippen molar-refractivity contribution in [1.82, 2.24) is 14.6 Å². The Labute approximate surface area is 65.5 Å². The number of thiazole rings is 1. The van der Waals surface area contributed by atoms with E-state index in [1.165, 1.54) is 22.9 Å². The van der Waals surface area contributed by atoms with E-state index < -0.39 is 0 Å². The lowest BCUT2D eigenvalue weighted by molar-refractivity contribution is 1.16. The molecule has 0 aliphatic carbocycles. The van der Waals surface area contributed by atoms with E-state index >= 15 is 0 Å². The zero-order valence-electron chi connectivity index (χ0n) is 4.81. The Kier molecular flexibility index (Phi) is 1.44. The smallest absolute Gasteiger partial charge is 0.152 e. The van der Waals surface area contributed by atoms with E-state index in [1.54, 1.807) is 6.20 Å². The van der Waals surface area contributed by atoms with Gasteiger partial charge in [-0.05, 0) is 11.5 Å². The van der Waals surface area contributed by atoms with E-state index in [9.17, 15) is 0 Å². The molecule has 10 heavy (non-hydrogen) atoms. The summed E-state index contributed by atoms with van der Waals surface area (Å²) in [4.78, 5) is 4.98. The van der Waals surface area contributed by atoms with Crippen LogP contribution in [0.5, 0.6) is 0 Å². The summed E-state index contributed by atoms with van der Waals surface area (Å²) in [5.74, 6) is 0. The highest BCUT2D eigenvalue weighted by Crippen LogP contribution is 2.19. The quantitative estimate of drug-likeness (QED) is 0.647. The molecule has 0 saturated heterocycles. The lowest BCUT2D eigenvalue weighted by atomic mass is 10.4. The van der Waals surface area contributed by atoms with Gasteiger partial charge in [-0.2, -0.15) is 0 Å². The molecule has 0 spiro atoms. The Hall–Kier alpha value is -0.810. The van der Waals surface area contributed by atoms with E-state index in [0.717, 1.165) is 10.6 Å². The first kappa shape index (κ1) is 5.94. The molecular weight excluding hydrogens is 166 g/mol. The summed E-state index contributed by atoms with van der Waals surface area (Å²) >= 11 is 2.80. The molecule has 0 saturated carbocycles. The first-order valence-corrected chi connectivity index (χ1v) is 4.21. The molecule has 0 aromatic carbocycles. The van der Waals surface area contributed by atoms with Gasteiger partial charge in [-0.25, -0.2) is 4.98 Å². The molecule has 2 rings (SSSR count). The second-order valence-electron chi connectivity index (χ2n) is 1.61. The SMILES string of the molecule is [c]1nc(-c2cnns2)cs1. The van der Waals surface area contributed by atoms with Crippen LogP contribution in [0.15, 0.2) is 11.6 Å². The molecule has 0 fully saturated rings. The third kappa shape index (κ3) is 0.932. The molecule has 0 bridgehead atoms. The van der Waals surface area contributed by atoms with Gasteiger partial charge in [-0.1, -0.05) is 4.49 Å². The molecule has 2 aromatic rings. The van der Waals surface area contributed by atoms with Crippen LogP contribution in [0.1, 0.15) is 0 Å². The summed E-state index contributed by atoms with van der Waals surface area (Å²) in [6.45, 7) is 0. The lowest BCUT2D eigenvalue weighted by Crippen LogP contribution is -1.66. The first-order chi connectivity index (χ1) is 4.97. The van der Waals surface area contributed by atoms with Gasteiger partial charge in [0.2, 0.25) is 0 Å². The molecule has 0 aliphatic heterocycles. The summed E-state index contributed by atoms with van der Waals surface area (Å²) in [5, 5.41) is 5.62. The Morgan fingerprint density at radius 1 is 1.50 bits per heavy atom. The fourth-order valence-electron chi connectivity index (χ4n) is 0.577. The number of hydrogen-bond acceptors (Lipinski definition) is 5. The van der Waals surface area contributed by atoms with Gasteiger partial charge < -0.3 is 0 Å². The zero-order chi connectivity index (χ0) is 6.81. The molecule has 5 heteroatoms. The average molecular weight is 168 g/mol. The first-order valence-electron chi connectivity index (χ1n) is 2.56. The maximum atomic E-state index is 3.98.